The number of nitrogens with zero attached hydrogens (tertiary/aromatic N) is 3. The van der Waals surface area contributed by atoms with Crippen LogP contribution < -0.4 is 5.56 Å². The van der Waals surface area contributed by atoms with Crippen molar-refractivity contribution in [2.45, 2.75) is 32.2 Å². The Bertz CT molecular complexity index is 846. The van der Waals surface area contributed by atoms with Gasteiger partial charge in [-0.15, -0.1) is 0 Å². The van der Waals surface area contributed by atoms with Gasteiger partial charge >= 0.3 is 0 Å². The molecule has 2 aliphatic rings. The largest absolute Gasteiger partial charge is 0.468 e. The van der Waals surface area contributed by atoms with Crippen molar-refractivity contribution >= 4 is 5.91 Å². The van der Waals surface area contributed by atoms with Gasteiger partial charge in [0, 0.05) is 38.9 Å². The van der Waals surface area contributed by atoms with Crippen LogP contribution in [0.2, 0.25) is 0 Å². The molecule has 1 aliphatic carbocycles. The average molecular weight is 355 g/mol. The second kappa shape index (κ2) is 7.11. The molecule has 3 heterocycles. The number of pyridine rings is 1. The minimum atomic E-state index is -0.159. The highest BCUT2D eigenvalue weighted by Crippen LogP contribution is 2.21. The summed E-state index contributed by atoms with van der Waals surface area (Å²) in [5.41, 5.74) is 2.43. The van der Waals surface area contributed by atoms with E-state index in [1.54, 1.807) is 17.9 Å². The van der Waals surface area contributed by atoms with Crippen LogP contribution >= 0.6 is 0 Å². The Morgan fingerprint density at radius 3 is 2.65 bits per heavy atom. The molecular formula is C20H25N3O3. The van der Waals surface area contributed by atoms with Gasteiger partial charge in [0.2, 0.25) is 0 Å². The first-order valence-corrected chi connectivity index (χ1v) is 9.39. The molecule has 1 fully saturated rings. The van der Waals surface area contributed by atoms with Gasteiger partial charge in [-0.25, -0.2) is 0 Å². The number of rotatable bonds is 3. The van der Waals surface area contributed by atoms with E-state index in [1.165, 1.54) is 0 Å². The third kappa shape index (κ3) is 3.21. The maximum atomic E-state index is 13.0. The third-order valence-electron chi connectivity index (χ3n) is 5.59. The second-order valence-corrected chi connectivity index (χ2v) is 7.25. The van der Waals surface area contributed by atoms with Gasteiger partial charge < -0.3 is 13.9 Å². The number of carbonyl (C=O) groups is 1. The van der Waals surface area contributed by atoms with Crippen molar-refractivity contribution in [2.75, 3.05) is 26.2 Å². The zero-order chi connectivity index (χ0) is 18.1. The quantitative estimate of drug-likeness (QED) is 0.843. The molecule has 138 valence electrons. The predicted molar refractivity (Wildman–Crippen MR) is 98.2 cm³/mol. The molecule has 0 atom stereocenters. The first-order chi connectivity index (χ1) is 12.6. The summed E-state index contributed by atoms with van der Waals surface area (Å²) in [4.78, 5) is 29.7. The summed E-state index contributed by atoms with van der Waals surface area (Å²) in [6.07, 6.45) is 5.82. The molecule has 2 aromatic heterocycles. The standard InChI is InChI=1S/C20H25N3O3/c1-21-18-7-3-2-5-15(18)13-17(19(21)24)20(25)23-10-8-22(9-11-23)14-16-6-4-12-26-16/h4,6,12-13H,2-3,5,7-11,14H2,1H3. The van der Waals surface area contributed by atoms with E-state index in [0.29, 0.717) is 18.7 Å². The van der Waals surface area contributed by atoms with Crippen LogP contribution in [0.25, 0.3) is 0 Å². The Balaban J connectivity index is 1.47. The topological polar surface area (TPSA) is 58.7 Å². The molecule has 0 saturated carbocycles. The van der Waals surface area contributed by atoms with E-state index in [4.69, 9.17) is 4.42 Å². The van der Waals surface area contributed by atoms with Crippen molar-refractivity contribution in [3.05, 3.63) is 57.4 Å². The molecule has 0 spiro atoms. The molecule has 0 unspecified atom stereocenters. The van der Waals surface area contributed by atoms with Crippen molar-refractivity contribution in [3.63, 3.8) is 0 Å². The van der Waals surface area contributed by atoms with E-state index in [-0.39, 0.29) is 11.5 Å². The average Bonchev–Trinajstić information content (AvgIpc) is 3.18. The lowest BCUT2D eigenvalue weighted by molar-refractivity contribution is 0.0618. The lowest BCUT2D eigenvalue weighted by Crippen LogP contribution is -2.49. The van der Waals surface area contributed by atoms with E-state index in [9.17, 15) is 9.59 Å². The van der Waals surface area contributed by atoms with Gasteiger partial charge in [-0.2, -0.15) is 0 Å². The normalized spacial score (nSPS) is 18.0. The summed E-state index contributed by atoms with van der Waals surface area (Å²) in [7, 11) is 1.80. The van der Waals surface area contributed by atoms with Crippen molar-refractivity contribution in [1.29, 1.82) is 0 Å². The Kier molecular flexibility index (Phi) is 4.68. The summed E-state index contributed by atoms with van der Waals surface area (Å²) >= 11 is 0. The molecule has 26 heavy (non-hydrogen) atoms. The molecule has 0 bridgehead atoms. The Morgan fingerprint density at radius 2 is 1.92 bits per heavy atom. The molecule has 6 heteroatoms. The molecule has 1 saturated heterocycles. The van der Waals surface area contributed by atoms with Crippen LogP contribution in [0.4, 0.5) is 0 Å². The van der Waals surface area contributed by atoms with Gasteiger partial charge in [0.05, 0.1) is 12.8 Å². The highest BCUT2D eigenvalue weighted by Gasteiger charge is 2.26. The lowest BCUT2D eigenvalue weighted by Gasteiger charge is -2.34. The number of carbonyl (C=O) groups excluding carboxylic acids is 1. The van der Waals surface area contributed by atoms with Gasteiger partial charge in [-0.05, 0) is 49.4 Å². The first-order valence-electron chi connectivity index (χ1n) is 9.39. The van der Waals surface area contributed by atoms with Gasteiger partial charge in [0.15, 0.2) is 0 Å². The summed E-state index contributed by atoms with van der Waals surface area (Å²) < 4.78 is 7.08. The van der Waals surface area contributed by atoms with Crippen molar-refractivity contribution in [1.82, 2.24) is 14.4 Å². The highest BCUT2D eigenvalue weighted by atomic mass is 16.3. The maximum Gasteiger partial charge on any atom is 0.263 e. The number of furan rings is 1. The molecule has 1 amide bonds. The summed E-state index contributed by atoms with van der Waals surface area (Å²) in [6, 6.07) is 5.71. The number of amides is 1. The van der Waals surface area contributed by atoms with Gasteiger partial charge in [-0.1, -0.05) is 0 Å². The van der Waals surface area contributed by atoms with E-state index >= 15 is 0 Å². The second-order valence-electron chi connectivity index (χ2n) is 7.25. The zero-order valence-corrected chi connectivity index (χ0v) is 15.2. The number of fused-ring (bicyclic) bond motifs is 1. The van der Waals surface area contributed by atoms with Crippen LogP contribution in [0.3, 0.4) is 0 Å². The predicted octanol–water partition coefficient (Wildman–Crippen LogP) is 1.82. The Labute approximate surface area is 153 Å². The van der Waals surface area contributed by atoms with Gasteiger partial charge in [0.1, 0.15) is 11.3 Å². The summed E-state index contributed by atoms with van der Waals surface area (Å²) in [5, 5.41) is 0. The fraction of sp³-hybridized carbons (Fsp3) is 0.500. The zero-order valence-electron chi connectivity index (χ0n) is 15.2. The van der Waals surface area contributed by atoms with Gasteiger partial charge in [-0.3, -0.25) is 14.5 Å². The minimum Gasteiger partial charge on any atom is -0.468 e. The van der Waals surface area contributed by atoms with Crippen LogP contribution in [0.1, 0.15) is 40.2 Å². The minimum absolute atomic E-state index is 0.128. The Hall–Kier alpha value is -2.34. The maximum absolute atomic E-state index is 13.0. The number of hydrogen-bond donors (Lipinski definition) is 0. The number of aryl methyl sites for hydroxylation is 1. The fourth-order valence-electron chi connectivity index (χ4n) is 4.05. The summed E-state index contributed by atoms with van der Waals surface area (Å²) in [6.45, 7) is 3.62. The van der Waals surface area contributed by atoms with Crippen molar-refractivity contribution in [3.8, 4) is 0 Å². The van der Waals surface area contributed by atoms with E-state index in [1.807, 2.05) is 23.1 Å². The molecule has 4 rings (SSSR count). The van der Waals surface area contributed by atoms with Crippen LogP contribution in [-0.2, 0) is 26.4 Å². The molecule has 2 aromatic rings. The monoisotopic (exact) mass is 355 g/mol. The lowest BCUT2D eigenvalue weighted by atomic mass is 9.94. The number of aromatic nitrogens is 1. The molecule has 6 nitrogen and oxygen atoms in total. The number of hydrogen-bond acceptors (Lipinski definition) is 4. The molecule has 0 aromatic carbocycles. The summed E-state index contributed by atoms with van der Waals surface area (Å²) in [5.74, 6) is 0.810. The van der Waals surface area contributed by atoms with Crippen molar-refractivity contribution < 1.29 is 9.21 Å². The van der Waals surface area contributed by atoms with Crippen LogP contribution in [0.5, 0.6) is 0 Å². The third-order valence-corrected chi connectivity index (χ3v) is 5.59. The van der Waals surface area contributed by atoms with Crippen LogP contribution in [0.15, 0.2) is 33.7 Å². The fourth-order valence-corrected chi connectivity index (χ4v) is 4.05. The van der Waals surface area contributed by atoms with Crippen molar-refractivity contribution in [2.24, 2.45) is 7.05 Å². The Morgan fingerprint density at radius 1 is 1.15 bits per heavy atom. The SMILES string of the molecule is Cn1c2c(cc(C(=O)N3CCN(Cc4ccco4)CC3)c1=O)CCCC2. The highest BCUT2D eigenvalue weighted by molar-refractivity contribution is 5.94. The van der Waals surface area contributed by atoms with E-state index < -0.39 is 0 Å². The first kappa shape index (κ1) is 17.1. The molecule has 0 N–H and O–H groups in total. The smallest absolute Gasteiger partial charge is 0.263 e. The van der Waals surface area contributed by atoms with E-state index in [0.717, 1.165) is 62.3 Å². The molecule has 0 radical (unpaired) electrons. The molecular weight excluding hydrogens is 330 g/mol. The van der Waals surface area contributed by atoms with Crippen LogP contribution in [-0.4, -0.2) is 46.5 Å². The van der Waals surface area contributed by atoms with E-state index in [2.05, 4.69) is 4.90 Å². The molecule has 1 aliphatic heterocycles. The van der Waals surface area contributed by atoms with Gasteiger partial charge in [0.25, 0.3) is 11.5 Å². The van der Waals surface area contributed by atoms with Crippen LogP contribution in [0, 0.1) is 0 Å². The number of piperazine rings is 1.